The molecule has 1 unspecified atom stereocenters. The summed E-state index contributed by atoms with van der Waals surface area (Å²) in [5.74, 6) is -0.768. The van der Waals surface area contributed by atoms with Crippen molar-refractivity contribution in [3.05, 3.63) is 65.1 Å². The fraction of sp³-hybridized carbons (Fsp3) is 0.379. The molecule has 0 bridgehead atoms. The number of para-hydroxylation sites is 1. The molecule has 3 aromatic rings. The van der Waals surface area contributed by atoms with Crippen molar-refractivity contribution in [3.8, 4) is 17.2 Å². The SMILES string of the molecule is CC[NH+](CC)CCCN1C(=O)C([O-])=C(C(=O)c2cc3cccc(OC)c3o2)C1c1ccc(OC)c(OC)c1. The van der Waals surface area contributed by atoms with E-state index in [0.717, 1.165) is 19.6 Å². The molecule has 9 nitrogen and oxygen atoms in total. The number of carbonyl (C=O) groups is 2. The van der Waals surface area contributed by atoms with E-state index in [1.165, 1.54) is 31.1 Å². The first-order valence-corrected chi connectivity index (χ1v) is 12.8. The maximum Gasteiger partial charge on any atom is 0.239 e. The predicted molar refractivity (Wildman–Crippen MR) is 140 cm³/mol. The van der Waals surface area contributed by atoms with Crippen LogP contribution in [-0.4, -0.2) is 64.1 Å². The number of fused-ring (bicyclic) bond motifs is 1. The predicted octanol–water partition coefficient (Wildman–Crippen LogP) is 2.15. The second kappa shape index (κ2) is 11.6. The highest BCUT2D eigenvalue weighted by Crippen LogP contribution is 2.42. The molecule has 1 amide bonds. The van der Waals surface area contributed by atoms with Crippen molar-refractivity contribution in [2.24, 2.45) is 0 Å². The van der Waals surface area contributed by atoms with Crippen LogP contribution in [0.15, 0.2) is 58.2 Å². The summed E-state index contributed by atoms with van der Waals surface area (Å²) in [5, 5.41) is 14.0. The zero-order chi connectivity index (χ0) is 27.4. The van der Waals surface area contributed by atoms with Crippen LogP contribution in [0.1, 0.15) is 42.4 Å². The molecule has 4 rings (SSSR count). The van der Waals surface area contributed by atoms with Crippen molar-refractivity contribution in [3.63, 3.8) is 0 Å². The van der Waals surface area contributed by atoms with Gasteiger partial charge in [0, 0.05) is 23.9 Å². The van der Waals surface area contributed by atoms with E-state index in [0.29, 0.717) is 46.7 Å². The summed E-state index contributed by atoms with van der Waals surface area (Å²) >= 11 is 0. The molecule has 0 saturated heterocycles. The van der Waals surface area contributed by atoms with Gasteiger partial charge in [-0.2, -0.15) is 0 Å². The third-order valence-electron chi connectivity index (χ3n) is 7.13. The summed E-state index contributed by atoms with van der Waals surface area (Å²) in [6.45, 7) is 7.33. The Balaban J connectivity index is 1.76. The van der Waals surface area contributed by atoms with Crippen LogP contribution < -0.4 is 24.2 Å². The number of nitrogens with zero attached hydrogens (tertiary/aromatic N) is 1. The second-order valence-corrected chi connectivity index (χ2v) is 9.14. The Morgan fingerprint density at radius 3 is 2.37 bits per heavy atom. The molecule has 38 heavy (non-hydrogen) atoms. The quantitative estimate of drug-likeness (QED) is 0.364. The molecule has 1 aliphatic heterocycles. The maximum absolute atomic E-state index is 13.8. The van der Waals surface area contributed by atoms with Crippen LogP contribution in [0.3, 0.4) is 0 Å². The smallest absolute Gasteiger partial charge is 0.239 e. The van der Waals surface area contributed by atoms with E-state index < -0.39 is 23.5 Å². The van der Waals surface area contributed by atoms with Crippen molar-refractivity contribution in [2.75, 3.05) is 47.5 Å². The Bertz CT molecular complexity index is 1360. The highest BCUT2D eigenvalue weighted by molar-refractivity contribution is 6.16. The van der Waals surface area contributed by atoms with Gasteiger partial charge in [0.25, 0.3) is 0 Å². The summed E-state index contributed by atoms with van der Waals surface area (Å²) < 4.78 is 22.0. The number of amides is 1. The van der Waals surface area contributed by atoms with Gasteiger partial charge in [0.15, 0.2) is 28.6 Å². The number of rotatable bonds is 12. The molecule has 1 aliphatic rings. The molecule has 1 N–H and O–H groups in total. The number of methoxy groups -OCH3 is 3. The number of Topliss-reactive ketones (excluding diaryl/α,β-unsaturated/α-hetero) is 1. The van der Waals surface area contributed by atoms with Gasteiger partial charge in [-0.3, -0.25) is 9.59 Å². The molecule has 202 valence electrons. The van der Waals surface area contributed by atoms with Crippen molar-refractivity contribution in [1.29, 1.82) is 0 Å². The topological polar surface area (TPSA) is 106 Å². The van der Waals surface area contributed by atoms with Gasteiger partial charge in [0.2, 0.25) is 11.7 Å². The average Bonchev–Trinajstić information content (AvgIpc) is 3.49. The van der Waals surface area contributed by atoms with E-state index in [1.807, 2.05) is 0 Å². The van der Waals surface area contributed by atoms with Crippen molar-refractivity contribution >= 4 is 22.7 Å². The summed E-state index contributed by atoms with van der Waals surface area (Å²) in [6.07, 6.45) is 0.684. The van der Waals surface area contributed by atoms with Gasteiger partial charge in [-0.05, 0) is 49.4 Å². The number of benzene rings is 2. The van der Waals surface area contributed by atoms with E-state index in [2.05, 4.69) is 13.8 Å². The largest absolute Gasteiger partial charge is 0.868 e. The Morgan fingerprint density at radius 2 is 1.71 bits per heavy atom. The minimum atomic E-state index is -0.885. The summed E-state index contributed by atoms with van der Waals surface area (Å²) in [6, 6.07) is 11.1. The maximum atomic E-state index is 13.8. The second-order valence-electron chi connectivity index (χ2n) is 9.14. The zero-order valence-corrected chi connectivity index (χ0v) is 22.5. The summed E-state index contributed by atoms with van der Waals surface area (Å²) in [5.41, 5.74) is 0.835. The van der Waals surface area contributed by atoms with E-state index in [4.69, 9.17) is 18.6 Å². The number of carbonyl (C=O) groups excluding carboxylic acids is 2. The number of ether oxygens (including phenoxy) is 3. The molecule has 0 saturated carbocycles. The van der Waals surface area contributed by atoms with E-state index >= 15 is 0 Å². The number of nitrogens with one attached hydrogen (secondary N) is 1. The first-order chi connectivity index (χ1) is 18.4. The Morgan fingerprint density at radius 1 is 1.00 bits per heavy atom. The lowest BCUT2D eigenvalue weighted by molar-refractivity contribution is -0.896. The summed E-state index contributed by atoms with van der Waals surface area (Å²) in [4.78, 5) is 30.0. The third kappa shape index (κ3) is 4.93. The highest BCUT2D eigenvalue weighted by atomic mass is 16.5. The fourth-order valence-corrected chi connectivity index (χ4v) is 5.02. The Labute approximate surface area is 222 Å². The molecular weight excluding hydrogens is 488 g/mol. The van der Waals surface area contributed by atoms with Crippen LogP contribution in [0.2, 0.25) is 0 Å². The first kappa shape index (κ1) is 27.1. The van der Waals surface area contributed by atoms with Crippen LogP contribution in [0, 0.1) is 0 Å². The minimum Gasteiger partial charge on any atom is -0.868 e. The van der Waals surface area contributed by atoms with E-state index in [9.17, 15) is 14.7 Å². The summed E-state index contributed by atoms with van der Waals surface area (Å²) in [7, 11) is 4.55. The molecule has 2 aromatic carbocycles. The van der Waals surface area contributed by atoms with Gasteiger partial charge in [0.1, 0.15) is 0 Å². The van der Waals surface area contributed by atoms with Gasteiger partial charge in [0.05, 0.1) is 47.0 Å². The normalized spacial score (nSPS) is 15.6. The number of quaternary nitrogens is 1. The third-order valence-corrected chi connectivity index (χ3v) is 7.13. The molecule has 1 aromatic heterocycles. The lowest BCUT2D eigenvalue weighted by Gasteiger charge is -2.28. The molecular formula is C29H34N2O7. The lowest BCUT2D eigenvalue weighted by Crippen LogP contribution is -3.11. The van der Waals surface area contributed by atoms with Crippen molar-refractivity contribution < 1.29 is 38.2 Å². The first-order valence-electron chi connectivity index (χ1n) is 12.8. The number of hydrogen-bond donors (Lipinski definition) is 1. The Hall–Kier alpha value is -3.98. The van der Waals surface area contributed by atoms with Gasteiger partial charge >= 0.3 is 0 Å². The van der Waals surface area contributed by atoms with E-state index in [1.54, 1.807) is 42.5 Å². The molecule has 0 spiro atoms. The zero-order valence-electron chi connectivity index (χ0n) is 22.5. The standard InChI is InChI=1S/C29H34N2O7/c1-6-30(7-2)14-9-15-31-25(18-12-13-20(35-3)22(16-18)37-5)24(27(33)29(31)34)26(32)23-17-19-10-8-11-21(36-4)28(19)38-23/h8,10-13,16-17,25,33H,6-7,9,14-15H2,1-5H3. The van der Waals surface area contributed by atoms with Gasteiger partial charge in [-0.25, -0.2) is 0 Å². The van der Waals surface area contributed by atoms with E-state index in [-0.39, 0.29) is 11.3 Å². The Kier molecular flexibility index (Phi) is 8.26. The molecule has 0 aliphatic carbocycles. The van der Waals surface area contributed by atoms with Crippen molar-refractivity contribution in [1.82, 2.24) is 4.90 Å². The monoisotopic (exact) mass is 522 g/mol. The number of furan rings is 1. The number of ketones is 1. The van der Waals surface area contributed by atoms with Crippen LogP contribution in [0.4, 0.5) is 0 Å². The number of hydrogen-bond acceptors (Lipinski definition) is 7. The minimum absolute atomic E-state index is 0.0273. The lowest BCUT2D eigenvalue weighted by atomic mass is 9.94. The molecule has 0 radical (unpaired) electrons. The van der Waals surface area contributed by atoms with Gasteiger partial charge < -0.3 is 33.5 Å². The van der Waals surface area contributed by atoms with Crippen molar-refractivity contribution in [2.45, 2.75) is 26.3 Å². The van der Waals surface area contributed by atoms with Crippen LogP contribution >= 0.6 is 0 Å². The fourth-order valence-electron chi connectivity index (χ4n) is 5.02. The van der Waals surface area contributed by atoms with Gasteiger partial charge in [-0.1, -0.05) is 18.2 Å². The molecule has 2 heterocycles. The van der Waals surface area contributed by atoms with Gasteiger partial charge in [-0.15, -0.1) is 0 Å². The molecule has 9 heteroatoms. The van der Waals surface area contributed by atoms with Crippen LogP contribution in [-0.2, 0) is 4.79 Å². The van der Waals surface area contributed by atoms with Crippen LogP contribution in [0.25, 0.3) is 11.0 Å². The molecule has 1 atom stereocenters. The average molecular weight is 523 g/mol. The van der Waals surface area contributed by atoms with Crippen LogP contribution in [0.5, 0.6) is 17.2 Å². The molecule has 0 fully saturated rings. The highest BCUT2D eigenvalue weighted by Gasteiger charge is 2.40.